The van der Waals surface area contributed by atoms with Gasteiger partial charge < -0.3 is 23.7 Å². The van der Waals surface area contributed by atoms with Crippen molar-refractivity contribution >= 4 is 23.3 Å². The predicted molar refractivity (Wildman–Crippen MR) is 87.3 cm³/mol. The summed E-state index contributed by atoms with van der Waals surface area (Å²) in [6.07, 6.45) is 0. The van der Waals surface area contributed by atoms with Crippen LogP contribution in [0.25, 0.3) is 0 Å². The highest BCUT2D eigenvalue weighted by molar-refractivity contribution is 6.53. The Labute approximate surface area is 147 Å². The van der Waals surface area contributed by atoms with Crippen LogP contribution in [0, 0.1) is 0 Å². The number of aromatic carboxylic acids is 1. The van der Waals surface area contributed by atoms with Gasteiger partial charge in [-0.15, -0.1) is 0 Å². The Hall–Kier alpha value is -3.49. The van der Waals surface area contributed by atoms with Gasteiger partial charge in [0.2, 0.25) is 11.5 Å². The molecule has 0 unspecified atom stereocenters. The Morgan fingerprint density at radius 1 is 1.12 bits per heavy atom. The largest absolute Gasteiger partial charge is 0.493 e. The van der Waals surface area contributed by atoms with Gasteiger partial charge in [-0.05, 0) is 12.1 Å². The summed E-state index contributed by atoms with van der Waals surface area (Å²) in [5, 5.41) is 8.93. The second kappa shape index (κ2) is 6.43. The van der Waals surface area contributed by atoms with Gasteiger partial charge in [0.15, 0.2) is 11.5 Å². The monoisotopic (exact) mass is 361 g/mol. The molecule has 0 spiro atoms. The van der Waals surface area contributed by atoms with E-state index in [1.807, 2.05) is 0 Å². The van der Waals surface area contributed by atoms with Crippen molar-refractivity contribution in [2.45, 2.75) is 6.54 Å². The summed E-state index contributed by atoms with van der Waals surface area (Å²) in [7, 11) is 4.16. The molecule has 136 valence electrons. The summed E-state index contributed by atoms with van der Waals surface area (Å²) < 4.78 is 20.9. The molecule has 1 aromatic heterocycles. The van der Waals surface area contributed by atoms with Gasteiger partial charge in [0.05, 0.1) is 39.1 Å². The molecule has 0 aliphatic carbocycles. The number of benzene rings is 1. The van der Waals surface area contributed by atoms with E-state index in [9.17, 15) is 14.4 Å². The molecule has 0 atom stereocenters. The van der Waals surface area contributed by atoms with Crippen LogP contribution in [0.2, 0.25) is 0 Å². The predicted octanol–water partition coefficient (Wildman–Crippen LogP) is 1.73. The van der Waals surface area contributed by atoms with Gasteiger partial charge in [-0.2, -0.15) is 0 Å². The van der Waals surface area contributed by atoms with E-state index in [-0.39, 0.29) is 46.6 Å². The maximum Gasteiger partial charge on any atom is 0.371 e. The van der Waals surface area contributed by atoms with Crippen LogP contribution in [-0.2, 0) is 11.3 Å². The average molecular weight is 361 g/mol. The lowest BCUT2D eigenvalue weighted by Crippen LogP contribution is -2.28. The van der Waals surface area contributed by atoms with E-state index < -0.39 is 17.7 Å². The number of ether oxygens (including phenoxy) is 3. The van der Waals surface area contributed by atoms with Crippen molar-refractivity contribution in [3.05, 3.63) is 35.3 Å². The molecular weight excluding hydrogens is 346 g/mol. The fraction of sp³-hybridized carbons (Fsp3) is 0.235. The third kappa shape index (κ3) is 2.53. The molecule has 1 aromatic carbocycles. The summed E-state index contributed by atoms with van der Waals surface area (Å²) in [5.74, 6) is -2.26. The third-order valence-corrected chi connectivity index (χ3v) is 3.95. The van der Waals surface area contributed by atoms with E-state index in [4.69, 9.17) is 23.7 Å². The number of carbonyl (C=O) groups excluding carboxylic acids is 2. The molecule has 1 aliphatic rings. The Kier molecular flexibility index (Phi) is 4.29. The number of ketones is 1. The van der Waals surface area contributed by atoms with Crippen LogP contribution >= 0.6 is 0 Å². The van der Waals surface area contributed by atoms with Gasteiger partial charge in [-0.1, -0.05) is 0 Å². The zero-order chi connectivity index (χ0) is 19.0. The van der Waals surface area contributed by atoms with Crippen LogP contribution in [0.5, 0.6) is 17.2 Å². The number of Topliss-reactive ketones (excluding diaryl/α,β-unsaturated/α-hetero) is 1. The van der Waals surface area contributed by atoms with Crippen molar-refractivity contribution in [3.63, 3.8) is 0 Å². The number of anilines is 1. The molecule has 0 saturated heterocycles. The highest BCUT2D eigenvalue weighted by atomic mass is 16.5. The smallest absolute Gasteiger partial charge is 0.371 e. The minimum absolute atomic E-state index is 0.0557. The zero-order valence-electron chi connectivity index (χ0n) is 14.2. The fourth-order valence-electron chi connectivity index (χ4n) is 2.81. The van der Waals surface area contributed by atoms with E-state index in [0.29, 0.717) is 0 Å². The number of amides is 1. The van der Waals surface area contributed by atoms with Crippen LogP contribution in [0.1, 0.15) is 26.7 Å². The highest BCUT2D eigenvalue weighted by Gasteiger charge is 2.41. The lowest BCUT2D eigenvalue weighted by atomic mass is 10.1. The number of hydrogen-bond acceptors (Lipinski definition) is 7. The number of methoxy groups -OCH3 is 3. The van der Waals surface area contributed by atoms with E-state index >= 15 is 0 Å². The number of carbonyl (C=O) groups is 3. The first kappa shape index (κ1) is 17.3. The summed E-state index contributed by atoms with van der Waals surface area (Å²) in [5.41, 5.74) is 0.322. The average Bonchev–Trinajstić information content (AvgIpc) is 3.19. The Morgan fingerprint density at radius 3 is 2.35 bits per heavy atom. The van der Waals surface area contributed by atoms with Crippen LogP contribution in [0.3, 0.4) is 0 Å². The molecule has 0 radical (unpaired) electrons. The SMILES string of the molecule is COc1cc2c(c(OC)c1OC)C(=O)C(=O)N2Cc1ccc(C(=O)O)o1. The molecule has 9 heteroatoms. The molecule has 3 rings (SSSR count). The maximum absolute atomic E-state index is 12.5. The number of carboxylic acid groups (broad SMARTS) is 1. The molecule has 1 amide bonds. The van der Waals surface area contributed by atoms with Gasteiger partial charge in [0.25, 0.3) is 11.7 Å². The maximum atomic E-state index is 12.5. The summed E-state index contributed by atoms with van der Waals surface area (Å²) in [6.45, 7) is -0.122. The minimum atomic E-state index is -1.23. The van der Waals surface area contributed by atoms with Crippen LogP contribution in [0.15, 0.2) is 22.6 Å². The Balaban J connectivity index is 2.09. The van der Waals surface area contributed by atoms with Crippen molar-refractivity contribution in [1.82, 2.24) is 0 Å². The molecule has 0 fully saturated rings. The minimum Gasteiger partial charge on any atom is -0.493 e. The van der Waals surface area contributed by atoms with Gasteiger partial charge in [0, 0.05) is 6.07 Å². The first-order valence-corrected chi connectivity index (χ1v) is 7.44. The summed E-state index contributed by atoms with van der Waals surface area (Å²) >= 11 is 0. The van der Waals surface area contributed by atoms with Gasteiger partial charge in [0.1, 0.15) is 5.76 Å². The van der Waals surface area contributed by atoms with E-state index in [0.717, 1.165) is 0 Å². The van der Waals surface area contributed by atoms with Crippen LogP contribution in [0.4, 0.5) is 5.69 Å². The van der Waals surface area contributed by atoms with Gasteiger partial charge >= 0.3 is 5.97 Å². The topological polar surface area (TPSA) is 116 Å². The fourth-order valence-corrected chi connectivity index (χ4v) is 2.81. The molecule has 1 N–H and O–H groups in total. The number of furan rings is 1. The first-order chi connectivity index (χ1) is 12.4. The van der Waals surface area contributed by atoms with Gasteiger partial charge in [-0.25, -0.2) is 4.79 Å². The second-order valence-corrected chi connectivity index (χ2v) is 5.33. The van der Waals surface area contributed by atoms with Gasteiger partial charge in [-0.3, -0.25) is 14.5 Å². The first-order valence-electron chi connectivity index (χ1n) is 7.44. The highest BCUT2D eigenvalue weighted by Crippen LogP contribution is 2.48. The van der Waals surface area contributed by atoms with E-state index in [1.54, 1.807) is 0 Å². The number of fused-ring (bicyclic) bond motifs is 1. The molecule has 2 heterocycles. The van der Waals surface area contributed by atoms with Crippen LogP contribution < -0.4 is 19.1 Å². The number of hydrogen-bond donors (Lipinski definition) is 1. The van der Waals surface area contributed by atoms with Crippen molar-refractivity contribution in [1.29, 1.82) is 0 Å². The van der Waals surface area contributed by atoms with Crippen LogP contribution in [-0.4, -0.2) is 44.1 Å². The van der Waals surface area contributed by atoms with Crippen molar-refractivity contribution < 1.29 is 38.1 Å². The van der Waals surface area contributed by atoms with Crippen molar-refractivity contribution in [3.8, 4) is 17.2 Å². The molecule has 26 heavy (non-hydrogen) atoms. The Morgan fingerprint density at radius 2 is 1.81 bits per heavy atom. The standard InChI is InChI=1S/C17H15NO8/c1-23-11-6-9-12(15(25-3)14(11)24-2)13(19)16(20)18(9)7-8-4-5-10(26-8)17(21)22/h4-6H,7H2,1-3H3,(H,21,22). The molecular formula is C17H15NO8. The van der Waals surface area contributed by atoms with Crippen molar-refractivity contribution in [2.75, 3.05) is 26.2 Å². The summed E-state index contributed by atoms with van der Waals surface area (Å²) in [6, 6.07) is 4.19. The second-order valence-electron chi connectivity index (χ2n) is 5.33. The van der Waals surface area contributed by atoms with Crippen molar-refractivity contribution in [2.24, 2.45) is 0 Å². The Bertz CT molecular complexity index is 914. The number of nitrogens with zero attached hydrogens (tertiary/aromatic N) is 1. The third-order valence-electron chi connectivity index (χ3n) is 3.95. The van der Waals surface area contributed by atoms with E-state index in [1.165, 1.54) is 44.4 Å². The normalized spacial score (nSPS) is 13.0. The summed E-state index contributed by atoms with van der Waals surface area (Å²) in [4.78, 5) is 37.0. The molecule has 0 bridgehead atoms. The lowest BCUT2D eigenvalue weighted by molar-refractivity contribution is -0.114. The van der Waals surface area contributed by atoms with E-state index in [2.05, 4.69) is 0 Å². The molecule has 2 aromatic rings. The lowest BCUT2D eigenvalue weighted by Gasteiger charge is -2.18. The number of carboxylic acids is 1. The molecule has 0 saturated carbocycles. The molecule has 1 aliphatic heterocycles. The quantitative estimate of drug-likeness (QED) is 0.774. The number of rotatable bonds is 6. The zero-order valence-corrected chi connectivity index (χ0v) is 14.2. The molecule has 9 nitrogen and oxygen atoms in total.